The Bertz CT molecular complexity index is 358. The van der Waals surface area contributed by atoms with Crippen LogP contribution in [0.15, 0.2) is 12.3 Å². The molecule has 0 atom stereocenters. The van der Waals surface area contributed by atoms with Crippen molar-refractivity contribution in [1.29, 1.82) is 0 Å². The Labute approximate surface area is 103 Å². The van der Waals surface area contributed by atoms with Gasteiger partial charge in [0.05, 0.1) is 0 Å². The molecule has 4 heteroatoms. The van der Waals surface area contributed by atoms with E-state index in [0.717, 1.165) is 18.9 Å². The van der Waals surface area contributed by atoms with Gasteiger partial charge in [-0.2, -0.15) is 4.98 Å². The van der Waals surface area contributed by atoms with Crippen molar-refractivity contribution in [3.8, 4) is 0 Å². The summed E-state index contributed by atoms with van der Waals surface area (Å²) in [6.45, 7) is 6.26. The highest BCUT2D eigenvalue weighted by Gasteiger charge is 2.28. The van der Waals surface area contributed by atoms with E-state index in [2.05, 4.69) is 27.5 Å². The molecule has 0 aliphatic heterocycles. The zero-order valence-electron chi connectivity index (χ0n) is 10.8. The Hall–Kier alpha value is -1.32. The van der Waals surface area contributed by atoms with Crippen LogP contribution in [0.5, 0.6) is 0 Å². The molecule has 1 saturated carbocycles. The lowest BCUT2D eigenvalue weighted by Crippen LogP contribution is -2.23. The largest absolute Gasteiger partial charge is 0.369 e. The van der Waals surface area contributed by atoms with E-state index in [-0.39, 0.29) is 0 Å². The summed E-state index contributed by atoms with van der Waals surface area (Å²) in [6, 6.07) is 1.93. The van der Waals surface area contributed by atoms with Gasteiger partial charge in [0.25, 0.3) is 0 Å². The second-order valence-electron chi connectivity index (χ2n) is 5.17. The Morgan fingerprint density at radius 1 is 1.29 bits per heavy atom. The van der Waals surface area contributed by atoms with Crippen molar-refractivity contribution in [3.63, 3.8) is 0 Å². The minimum Gasteiger partial charge on any atom is -0.369 e. The van der Waals surface area contributed by atoms with E-state index in [1.54, 1.807) is 6.20 Å². The molecule has 0 radical (unpaired) electrons. The Kier molecular flexibility index (Phi) is 3.82. The van der Waals surface area contributed by atoms with Crippen molar-refractivity contribution in [3.05, 3.63) is 12.3 Å². The van der Waals surface area contributed by atoms with Crippen LogP contribution in [0.2, 0.25) is 0 Å². The highest BCUT2D eigenvalue weighted by Crippen LogP contribution is 2.37. The van der Waals surface area contributed by atoms with Crippen molar-refractivity contribution in [1.82, 2.24) is 9.97 Å². The summed E-state index contributed by atoms with van der Waals surface area (Å²) in [5.74, 6) is 1.62. The van der Waals surface area contributed by atoms with Crippen LogP contribution in [0.3, 0.4) is 0 Å². The first-order valence-corrected chi connectivity index (χ1v) is 6.53. The van der Waals surface area contributed by atoms with Crippen LogP contribution in [-0.4, -0.2) is 23.1 Å². The van der Waals surface area contributed by atoms with Crippen molar-refractivity contribution in [2.75, 3.05) is 23.7 Å². The van der Waals surface area contributed by atoms with Crippen molar-refractivity contribution < 1.29 is 0 Å². The molecule has 0 bridgehead atoms. The van der Waals surface area contributed by atoms with Crippen molar-refractivity contribution in [2.45, 2.75) is 39.5 Å². The molecule has 1 fully saturated rings. The summed E-state index contributed by atoms with van der Waals surface area (Å²) in [5.41, 5.74) is 0.448. The van der Waals surface area contributed by atoms with Crippen LogP contribution >= 0.6 is 0 Å². The third-order valence-electron chi connectivity index (χ3n) is 3.50. The fourth-order valence-electron chi connectivity index (χ4n) is 2.41. The van der Waals surface area contributed by atoms with Gasteiger partial charge in [0.15, 0.2) is 0 Å². The predicted octanol–water partition coefficient (Wildman–Crippen LogP) is 2.90. The number of aromatic nitrogens is 2. The van der Waals surface area contributed by atoms with Gasteiger partial charge < -0.3 is 10.6 Å². The molecular weight excluding hydrogens is 212 g/mol. The van der Waals surface area contributed by atoms with Crippen molar-refractivity contribution in [2.24, 2.45) is 5.41 Å². The summed E-state index contributed by atoms with van der Waals surface area (Å²) in [7, 11) is 0. The first kappa shape index (κ1) is 12.1. The molecule has 2 rings (SSSR count). The molecule has 1 heterocycles. The number of anilines is 2. The lowest BCUT2D eigenvalue weighted by atomic mass is 9.89. The third kappa shape index (κ3) is 3.32. The number of nitrogens with zero attached hydrogens (tertiary/aromatic N) is 2. The normalized spacial score (nSPS) is 18.0. The van der Waals surface area contributed by atoms with Crippen LogP contribution < -0.4 is 10.6 Å². The SMILES string of the molecule is CCNc1nccc(NCC2(C)CCCC2)n1. The quantitative estimate of drug-likeness (QED) is 0.822. The van der Waals surface area contributed by atoms with Crippen LogP contribution in [0.4, 0.5) is 11.8 Å². The summed E-state index contributed by atoms with van der Waals surface area (Å²) in [5, 5.41) is 6.56. The Morgan fingerprint density at radius 2 is 2.06 bits per heavy atom. The van der Waals surface area contributed by atoms with E-state index >= 15 is 0 Å². The smallest absolute Gasteiger partial charge is 0.224 e. The summed E-state index contributed by atoms with van der Waals surface area (Å²) in [4.78, 5) is 8.59. The van der Waals surface area contributed by atoms with Crippen LogP contribution in [0.1, 0.15) is 39.5 Å². The van der Waals surface area contributed by atoms with Crippen LogP contribution in [0.25, 0.3) is 0 Å². The van der Waals surface area contributed by atoms with Crippen molar-refractivity contribution >= 4 is 11.8 Å². The van der Waals surface area contributed by atoms with Gasteiger partial charge in [0.1, 0.15) is 5.82 Å². The van der Waals surface area contributed by atoms with E-state index in [0.29, 0.717) is 11.4 Å². The average molecular weight is 234 g/mol. The first-order valence-electron chi connectivity index (χ1n) is 6.53. The average Bonchev–Trinajstić information content (AvgIpc) is 2.76. The molecule has 0 aromatic carbocycles. The second kappa shape index (κ2) is 5.34. The Morgan fingerprint density at radius 3 is 2.76 bits per heavy atom. The van der Waals surface area contributed by atoms with Gasteiger partial charge in [0.2, 0.25) is 5.95 Å². The summed E-state index contributed by atoms with van der Waals surface area (Å²) in [6.07, 6.45) is 7.18. The van der Waals surface area contributed by atoms with E-state index in [1.807, 2.05) is 13.0 Å². The zero-order valence-corrected chi connectivity index (χ0v) is 10.8. The predicted molar refractivity (Wildman–Crippen MR) is 71.3 cm³/mol. The standard InChI is InChI=1S/C13H22N4/c1-3-14-12-15-9-6-11(17-12)16-10-13(2)7-4-5-8-13/h6,9H,3-5,7-8,10H2,1-2H3,(H2,14,15,16,17). The lowest BCUT2D eigenvalue weighted by molar-refractivity contribution is 0.361. The maximum Gasteiger partial charge on any atom is 0.224 e. The fourth-order valence-corrected chi connectivity index (χ4v) is 2.41. The maximum absolute atomic E-state index is 4.42. The highest BCUT2D eigenvalue weighted by molar-refractivity contribution is 5.39. The number of rotatable bonds is 5. The minimum atomic E-state index is 0.448. The monoisotopic (exact) mass is 234 g/mol. The molecule has 2 N–H and O–H groups in total. The van der Waals surface area contributed by atoms with E-state index in [4.69, 9.17) is 0 Å². The highest BCUT2D eigenvalue weighted by atomic mass is 15.1. The van der Waals surface area contributed by atoms with Gasteiger partial charge in [0, 0.05) is 19.3 Å². The van der Waals surface area contributed by atoms with Gasteiger partial charge in [-0.1, -0.05) is 19.8 Å². The van der Waals surface area contributed by atoms with Crippen LogP contribution in [-0.2, 0) is 0 Å². The molecule has 4 nitrogen and oxygen atoms in total. The molecule has 0 amide bonds. The molecule has 1 aliphatic carbocycles. The number of hydrogen-bond acceptors (Lipinski definition) is 4. The number of hydrogen-bond donors (Lipinski definition) is 2. The molecule has 0 unspecified atom stereocenters. The van der Waals surface area contributed by atoms with Gasteiger partial charge in [-0.25, -0.2) is 4.98 Å². The molecule has 17 heavy (non-hydrogen) atoms. The fraction of sp³-hybridized carbons (Fsp3) is 0.692. The zero-order chi connectivity index (χ0) is 12.1. The Balaban J connectivity index is 1.91. The maximum atomic E-state index is 4.42. The summed E-state index contributed by atoms with van der Waals surface area (Å²) >= 11 is 0. The minimum absolute atomic E-state index is 0.448. The lowest BCUT2D eigenvalue weighted by Gasteiger charge is -2.24. The molecule has 94 valence electrons. The van der Waals surface area contributed by atoms with Gasteiger partial charge in [-0.3, -0.25) is 0 Å². The second-order valence-corrected chi connectivity index (χ2v) is 5.17. The van der Waals surface area contributed by atoms with E-state index < -0.39 is 0 Å². The molecular formula is C13H22N4. The third-order valence-corrected chi connectivity index (χ3v) is 3.50. The molecule has 1 aromatic rings. The topological polar surface area (TPSA) is 49.8 Å². The van der Waals surface area contributed by atoms with Gasteiger partial charge >= 0.3 is 0 Å². The van der Waals surface area contributed by atoms with E-state index in [1.165, 1.54) is 25.7 Å². The summed E-state index contributed by atoms with van der Waals surface area (Å²) < 4.78 is 0. The van der Waals surface area contributed by atoms with Crippen LogP contribution in [0, 0.1) is 5.41 Å². The molecule has 0 spiro atoms. The van der Waals surface area contributed by atoms with Gasteiger partial charge in [-0.05, 0) is 31.2 Å². The molecule has 1 aromatic heterocycles. The number of nitrogens with one attached hydrogen (secondary N) is 2. The van der Waals surface area contributed by atoms with Gasteiger partial charge in [-0.15, -0.1) is 0 Å². The van der Waals surface area contributed by atoms with E-state index in [9.17, 15) is 0 Å². The first-order chi connectivity index (χ1) is 8.22. The molecule has 1 aliphatic rings. The molecule has 0 saturated heterocycles.